The predicted molar refractivity (Wildman–Crippen MR) is 77.6 cm³/mol. The van der Waals surface area contributed by atoms with Gasteiger partial charge in [-0.3, -0.25) is 0 Å². The van der Waals surface area contributed by atoms with Gasteiger partial charge in [0.05, 0.1) is 5.60 Å². The molecule has 2 N–H and O–H groups in total. The highest BCUT2D eigenvalue weighted by atomic mass is 79.9. The maximum atomic E-state index is 10.2. The van der Waals surface area contributed by atoms with Crippen molar-refractivity contribution < 1.29 is 5.11 Å². The lowest BCUT2D eigenvalue weighted by Gasteiger charge is -2.28. The van der Waals surface area contributed by atoms with E-state index in [1.165, 1.54) is 4.88 Å². The minimum atomic E-state index is -0.707. The molecule has 0 bridgehead atoms. The Labute approximate surface area is 116 Å². The van der Waals surface area contributed by atoms with E-state index in [0.29, 0.717) is 13.1 Å². The number of hydrogen-bond donors (Lipinski definition) is 2. The summed E-state index contributed by atoms with van der Waals surface area (Å²) in [5, 5.41) is 15.6. The van der Waals surface area contributed by atoms with E-state index in [2.05, 4.69) is 39.6 Å². The highest BCUT2D eigenvalue weighted by molar-refractivity contribution is 9.10. The molecule has 0 aliphatic carbocycles. The zero-order valence-corrected chi connectivity index (χ0v) is 13.2. The highest BCUT2D eigenvalue weighted by Gasteiger charge is 2.22. The van der Waals surface area contributed by atoms with E-state index in [-0.39, 0.29) is 6.04 Å². The van der Waals surface area contributed by atoms with Crippen LogP contribution >= 0.6 is 27.3 Å². The number of hydrogen-bond acceptors (Lipinski definition) is 4. The molecule has 2 unspecified atom stereocenters. The summed E-state index contributed by atoms with van der Waals surface area (Å²) in [6.45, 7) is 5.20. The molecule has 1 aromatic rings. The third kappa shape index (κ3) is 5.06. The molecule has 17 heavy (non-hydrogen) atoms. The average Bonchev–Trinajstić information content (AvgIpc) is 2.59. The molecule has 0 aliphatic rings. The molecule has 0 fully saturated rings. The lowest BCUT2D eigenvalue weighted by atomic mass is 10.1. The Morgan fingerprint density at radius 1 is 1.59 bits per heavy atom. The monoisotopic (exact) mass is 320 g/mol. The topological polar surface area (TPSA) is 35.5 Å². The number of thiophene rings is 1. The molecule has 3 nitrogen and oxygen atoms in total. The van der Waals surface area contributed by atoms with Gasteiger partial charge in [-0.1, -0.05) is 0 Å². The molecule has 1 rings (SSSR count). The van der Waals surface area contributed by atoms with Crippen molar-refractivity contribution in [3.8, 4) is 0 Å². The molecule has 0 spiro atoms. The standard InChI is InChI=1S/C12H21BrN2OS/c1-9(11-10(13)5-6-17-11)14-7-12(2,16)8-15(3)4/h5-6,9,14,16H,7-8H2,1-4H3. The van der Waals surface area contributed by atoms with E-state index < -0.39 is 5.60 Å². The minimum absolute atomic E-state index is 0.248. The Morgan fingerprint density at radius 2 is 2.24 bits per heavy atom. The summed E-state index contributed by atoms with van der Waals surface area (Å²) in [5.74, 6) is 0. The van der Waals surface area contributed by atoms with Crippen LogP contribution in [-0.2, 0) is 0 Å². The molecule has 0 aromatic carbocycles. The third-order valence-electron chi connectivity index (χ3n) is 2.48. The van der Waals surface area contributed by atoms with Crippen LogP contribution in [0.2, 0.25) is 0 Å². The molecule has 5 heteroatoms. The zero-order valence-electron chi connectivity index (χ0n) is 10.8. The van der Waals surface area contributed by atoms with Crippen molar-refractivity contribution >= 4 is 27.3 Å². The number of aliphatic hydroxyl groups is 1. The highest BCUT2D eigenvalue weighted by Crippen LogP contribution is 2.28. The number of likely N-dealkylation sites (N-methyl/N-ethyl adjacent to an activating group) is 1. The molecule has 0 aliphatic heterocycles. The summed E-state index contributed by atoms with van der Waals surface area (Å²) in [6.07, 6.45) is 0. The fraction of sp³-hybridized carbons (Fsp3) is 0.667. The fourth-order valence-electron chi connectivity index (χ4n) is 1.82. The van der Waals surface area contributed by atoms with Gasteiger partial charge in [0, 0.05) is 28.5 Å². The molecular weight excluding hydrogens is 300 g/mol. The van der Waals surface area contributed by atoms with E-state index in [9.17, 15) is 5.11 Å². The Hall–Kier alpha value is 0.0600. The van der Waals surface area contributed by atoms with Crippen molar-refractivity contribution in [2.75, 3.05) is 27.2 Å². The molecule has 0 radical (unpaired) electrons. The largest absolute Gasteiger partial charge is 0.388 e. The van der Waals surface area contributed by atoms with Crippen molar-refractivity contribution in [2.24, 2.45) is 0 Å². The van der Waals surface area contributed by atoms with Crippen LogP contribution in [0.25, 0.3) is 0 Å². The van der Waals surface area contributed by atoms with E-state index in [1.54, 1.807) is 11.3 Å². The van der Waals surface area contributed by atoms with Crippen molar-refractivity contribution in [1.29, 1.82) is 0 Å². The summed E-state index contributed by atoms with van der Waals surface area (Å²) >= 11 is 5.25. The van der Waals surface area contributed by atoms with Gasteiger partial charge in [0.1, 0.15) is 0 Å². The van der Waals surface area contributed by atoms with Gasteiger partial charge >= 0.3 is 0 Å². The molecule has 1 heterocycles. The predicted octanol–water partition coefficient (Wildman–Crippen LogP) is 2.47. The number of nitrogens with one attached hydrogen (secondary N) is 1. The first-order valence-electron chi connectivity index (χ1n) is 5.65. The van der Waals surface area contributed by atoms with Crippen LogP contribution in [0, 0.1) is 0 Å². The molecule has 1 aromatic heterocycles. The van der Waals surface area contributed by atoms with Gasteiger partial charge in [0.25, 0.3) is 0 Å². The van der Waals surface area contributed by atoms with Gasteiger partial charge < -0.3 is 15.3 Å². The van der Waals surface area contributed by atoms with E-state index in [1.807, 2.05) is 25.9 Å². The van der Waals surface area contributed by atoms with Gasteiger partial charge in [-0.2, -0.15) is 0 Å². The van der Waals surface area contributed by atoms with Crippen LogP contribution in [0.4, 0.5) is 0 Å². The van der Waals surface area contributed by atoms with Crippen molar-refractivity contribution in [1.82, 2.24) is 10.2 Å². The Bertz CT molecular complexity index is 352. The average molecular weight is 321 g/mol. The Balaban J connectivity index is 2.48. The maximum absolute atomic E-state index is 10.2. The van der Waals surface area contributed by atoms with Crippen molar-refractivity contribution in [3.05, 3.63) is 20.8 Å². The van der Waals surface area contributed by atoms with Crippen LogP contribution in [-0.4, -0.2) is 42.8 Å². The lowest BCUT2D eigenvalue weighted by Crippen LogP contribution is -2.46. The Morgan fingerprint density at radius 3 is 2.71 bits per heavy atom. The summed E-state index contributed by atoms with van der Waals surface area (Å²) in [4.78, 5) is 3.26. The first kappa shape index (κ1) is 15.1. The van der Waals surface area contributed by atoms with Gasteiger partial charge in [-0.25, -0.2) is 0 Å². The minimum Gasteiger partial charge on any atom is -0.388 e. The SMILES string of the molecule is CC(NCC(C)(O)CN(C)C)c1sccc1Br. The van der Waals surface area contributed by atoms with Crippen LogP contribution in [0.5, 0.6) is 0 Å². The second-order valence-corrected chi connectivity index (χ2v) is 6.77. The molecule has 0 saturated carbocycles. The molecule has 2 atom stereocenters. The maximum Gasteiger partial charge on any atom is 0.0869 e. The second-order valence-electron chi connectivity index (χ2n) is 4.97. The van der Waals surface area contributed by atoms with Gasteiger partial charge in [0.2, 0.25) is 0 Å². The van der Waals surface area contributed by atoms with E-state index in [4.69, 9.17) is 0 Å². The van der Waals surface area contributed by atoms with Crippen molar-refractivity contribution in [3.63, 3.8) is 0 Å². The van der Waals surface area contributed by atoms with Crippen LogP contribution in [0.15, 0.2) is 15.9 Å². The quantitative estimate of drug-likeness (QED) is 0.845. The van der Waals surface area contributed by atoms with Gasteiger partial charge in [0.15, 0.2) is 0 Å². The first-order chi connectivity index (χ1) is 7.82. The van der Waals surface area contributed by atoms with Crippen LogP contribution in [0.3, 0.4) is 0 Å². The van der Waals surface area contributed by atoms with Gasteiger partial charge in [-0.05, 0) is 55.3 Å². The number of halogens is 1. The number of nitrogens with zero attached hydrogens (tertiary/aromatic N) is 1. The van der Waals surface area contributed by atoms with E-state index in [0.717, 1.165) is 4.47 Å². The first-order valence-corrected chi connectivity index (χ1v) is 7.32. The Kier molecular flexibility index (Phi) is 5.60. The summed E-state index contributed by atoms with van der Waals surface area (Å²) in [5.41, 5.74) is -0.707. The van der Waals surface area contributed by atoms with Crippen LogP contribution in [0.1, 0.15) is 24.8 Å². The fourth-order valence-corrected chi connectivity index (χ4v) is 3.57. The summed E-state index contributed by atoms with van der Waals surface area (Å²) in [7, 11) is 3.93. The molecular formula is C12H21BrN2OS. The molecule has 0 saturated heterocycles. The summed E-state index contributed by atoms with van der Waals surface area (Å²) in [6, 6.07) is 2.30. The molecule has 0 amide bonds. The summed E-state index contributed by atoms with van der Waals surface area (Å²) < 4.78 is 1.13. The molecule has 98 valence electrons. The van der Waals surface area contributed by atoms with Gasteiger partial charge in [-0.15, -0.1) is 11.3 Å². The second kappa shape index (κ2) is 6.29. The lowest BCUT2D eigenvalue weighted by molar-refractivity contribution is 0.0318. The zero-order chi connectivity index (χ0) is 13.1. The third-order valence-corrected chi connectivity index (χ3v) is 4.54. The normalized spacial score (nSPS) is 17.1. The van der Waals surface area contributed by atoms with Crippen molar-refractivity contribution in [2.45, 2.75) is 25.5 Å². The van der Waals surface area contributed by atoms with E-state index >= 15 is 0 Å². The number of rotatable bonds is 6. The van der Waals surface area contributed by atoms with Crippen LogP contribution < -0.4 is 5.32 Å². The smallest absolute Gasteiger partial charge is 0.0869 e.